The van der Waals surface area contributed by atoms with Crippen molar-refractivity contribution in [2.24, 2.45) is 0 Å². The highest BCUT2D eigenvalue weighted by Crippen LogP contribution is 2.36. The minimum Gasteiger partial charge on any atom is -0.493 e. The Bertz CT molecular complexity index is 489. The van der Waals surface area contributed by atoms with Crippen LogP contribution in [0.4, 0.5) is 10.5 Å². The number of methoxy groups -OCH3 is 2. The molecule has 0 saturated carbocycles. The SMILES string of the molecule is C=C(C)CNC(=O)Nc1cc(OC)c(OC)cc1Br. The van der Waals surface area contributed by atoms with Gasteiger partial charge in [-0.15, -0.1) is 0 Å². The van der Waals surface area contributed by atoms with Crippen LogP contribution < -0.4 is 20.1 Å². The summed E-state index contributed by atoms with van der Waals surface area (Å²) >= 11 is 3.36. The third-order valence-electron chi connectivity index (χ3n) is 2.27. The topological polar surface area (TPSA) is 59.6 Å². The van der Waals surface area contributed by atoms with E-state index in [1.165, 1.54) is 7.11 Å². The number of carbonyl (C=O) groups is 1. The van der Waals surface area contributed by atoms with E-state index < -0.39 is 0 Å². The molecule has 0 unspecified atom stereocenters. The predicted molar refractivity (Wildman–Crippen MR) is 79.1 cm³/mol. The zero-order valence-electron chi connectivity index (χ0n) is 11.2. The van der Waals surface area contributed by atoms with Crippen molar-refractivity contribution >= 4 is 27.6 Å². The molecule has 0 radical (unpaired) electrons. The zero-order valence-corrected chi connectivity index (χ0v) is 12.8. The summed E-state index contributed by atoms with van der Waals surface area (Å²) in [7, 11) is 3.09. The maximum absolute atomic E-state index is 11.7. The molecule has 0 aromatic heterocycles. The second-order valence-electron chi connectivity index (χ2n) is 3.95. The highest BCUT2D eigenvalue weighted by molar-refractivity contribution is 9.10. The Morgan fingerprint density at radius 2 is 1.89 bits per heavy atom. The van der Waals surface area contributed by atoms with Crippen LogP contribution in [0.25, 0.3) is 0 Å². The van der Waals surface area contributed by atoms with Crippen molar-refractivity contribution in [1.29, 1.82) is 0 Å². The third kappa shape index (κ3) is 4.48. The number of nitrogens with one attached hydrogen (secondary N) is 2. The molecule has 1 aromatic carbocycles. The smallest absolute Gasteiger partial charge is 0.319 e. The van der Waals surface area contributed by atoms with Crippen molar-refractivity contribution in [2.45, 2.75) is 6.92 Å². The highest BCUT2D eigenvalue weighted by atomic mass is 79.9. The lowest BCUT2D eigenvalue weighted by molar-refractivity contribution is 0.253. The summed E-state index contributed by atoms with van der Waals surface area (Å²) in [4.78, 5) is 11.7. The van der Waals surface area contributed by atoms with Gasteiger partial charge in [0.1, 0.15) is 0 Å². The molecule has 0 saturated heterocycles. The molecule has 5 nitrogen and oxygen atoms in total. The summed E-state index contributed by atoms with van der Waals surface area (Å²) in [5.74, 6) is 1.13. The van der Waals surface area contributed by atoms with Crippen molar-refractivity contribution in [2.75, 3.05) is 26.1 Å². The summed E-state index contributed by atoms with van der Waals surface area (Å²) in [6.07, 6.45) is 0. The van der Waals surface area contributed by atoms with E-state index in [0.29, 0.717) is 28.2 Å². The molecule has 0 aliphatic heterocycles. The molecule has 0 aliphatic carbocycles. The fraction of sp³-hybridized carbons (Fsp3) is 0.308. The number of ether oxygens (including phenoxy) is 2. The van der Waals surface area contributed by atoms with Crippen molar-refractivity contribution in [3.8, 4) is 11.5 Å². The standard InChI is InChI=1S/C13H17BrN2O3/c1-8(2)7-15-13(17)16-10-6-12(19-4)11(18-3)5-9(10)14/h5-6H,1,7H2,2-4H3,(H2,15,16,17). The Balaban J connectivity index is 2.83. The number of hydrogen-bond donors (Lipinski definition) is 2. The van der Waals surface area contributed by atoms with Gasteiger partial charge >= 0.3 is 6.03 Å². The van der Waals surface area contributed by atoms with Crippen LogP contribution in [0.3, 0.4) is 0 Å². The van der Waals surface area contributed by atoms with Gasteiger partial charge in [0.2, 0.25) is 0 Å². The first kappa shape index (κ1) is 15.4. The highest BCUT2D eigenvalue weighted by Gasteiger charge is 2.11. The molecule has 0 heterocycles. The number of halogens is 1. The van der Waals surface area contributed by atoms with Gasteiger partial charge < -0.3 is 20.1 Å². The molecule has 0 fully saturated rings. The first-order chi connectivity index (χ1) is 8.97. The quantitative estimate of drug-likeness (QED) is 0.816. The van der Waals surface area contributed by atoms with E-state index >= 15 is 0 Å². The van der Waals surface area contributed by atoms with Crippen LogP contribution in [-0.2, 0) is 0 Å². The van der Waals surface area contributed by atoms with E-state index in [4.69, 9.17) is 9.47 Å². The summed E-state index contributed by atoms with van der Waals surface area (Å²) in [6, 6.07) is 3.10. The Kier molecular flexibility index (Phi) is 5.69. The molecule has 6 heteroatoms. The summed E-state index contributed by atoms with van der Waals surface area (Å²) in [5, 5.41) is 5.40. The molecular formula is C13H17BrN2O3. The van der Waals surface area contributed by atoms with Gasteiger partial charge in [0.05, 0.1) is 19.9 Å². The normalized spacial score (nSPS) is 9.68. The molecule has 0 atom stereocenters. The number of benzene rings is 1. The number of carbonyl (C=O) groups excluding carboxylic acids is 1. The van der Waals surface area contributed by atoms with Crippen LogP contribution in [0, 0.1) is 0 Å². The molecule has 1 aromatic rings. The van der Waals surface area contributed by atoms with Gasteiger partial charge in [-0.1, -0.05) is 12.2 Å². The number of rotatable bonds is 5. The zero-order chi connectivity index (χ0) is 14.4. The van der Waals surface area contributed by atoms with Crippen molar-refractivity contribution in [1.82, 2.24) is 5.32 Å². The second kappa shape index (κ2) is 7.04. The molecule has 0 aliphatic rings. The monoisotopic (exact) mass is 328 g/mol. The van der Waals surface area contributed by atoms with E-state index in [9.17, 15) is 4.79 Å². The van der Waals surface area contributed by atoms with Gasteiger partial charge in [-0.25, -0.2) is 4.79 Å². The minimum absolute atomic E-state index is 0.309. The van der Waals surface area contributed by atoms with Gasteiger partial charge in [0, 0.05) is 23.2 Å². The molecule has 0 bridgehead atoms. The maximum atomic E-state index is 11.7. The van der Waals surface area contributed by atoms with Gasteiger partial charge in [-0.3, -0.25) is 0 Å². The lowest BCUT2D eigenvalue weighted by Crippen LogP contribution is -2.29. The van der Waals surface area contributed by atoms with Gasteiger partial charge in [0.25, 0.3) is 0 Å². The molecule has 19 heavy (non-hydrogen) atoms. The summed E-state index contributed by atoms with van der Waals surface area (Å²) in [5.41, 5.74) is 1.47. The van der Waals surface area contributed by atoms with Crippen molar-refractivity contribution in [3.63, 3.8) is 0 Å². The number of anilines is 1. The predicted octanol–water partition coefficient (Wildman–Crippen LogP) is 3.16. The fourth-order valence-corrected chi connectivity index (χ4v) is 1.77. The fourth-order valence-electron chi connectivity index (χ4n) is 1.35. The van der Waals surface area contributed by atoms with E-state index in [2.05, 4.69) is 33.1 Å². The molecular weight excluding hydrogens is 312 g/mol. The largest absolute Gasteiger partial charge is 0.493 e. The maximum Gasteiger partial charge on any atom is 0.319 e. The van der Waals surface area contributed by atoms with Crippen LogP contribution in [0.15, 0.2) is 28.8 Å². The minimum atomic E-state index is -0.309. The average Bonchev–Trinajstić information content (AvgIpc) is 2.38. The van der Waals surface area contributed by atoms with E-state index in [-0.39, 0.29) is 6.03 Å². The van der Waals surface area contributed by atoms with Gasteiger partial charge in [-0.2, -0.15) is 0 Å². The lowest BCUT2D eigenvalue weighted by atomic mass is 10.2. The van der Waals surface area contributed by atoms with Crippen LogP contribution in [0.2, 0.25) is 0 Å². The Hall–Kier alpha value is -1.69. The third-order valence-corrected chi connectivity index (χ3v) is 2.93. The van der Waals surface area contributed by atoms with Crippen molar-refractivity contribution < 1.29 is 14.3 Å². The molecule has 2 N–H and O–H groups in total. The van der Waals surface area contributed by atoms with Crippen LogP contribution >= 0.6 is 15.9 Å². The number of amides is 2. The first-order valence-corrected chi connectivity index (χ1v) is 6.38. The van der Waals surface area contributed by atoms with E-state index in [1.54, 1.807) is 19.2 Å². The number of hydrogen-bond acceptors (Lipinski definition) is 3. The average molecular weight is 329 g/mol. The molecule has 2 amide bonds. The van der Waals surface area contributed by atoms with Crippen LogP contribution in [-0.4, -0.2) is 26.8 Å². The molecule has 0 spiro atoms. The first-order valence-electron chi connectivity index (χ1n) is 5.58. The molecule has 104 valence electrons. The Morgan fingerprint density at radius 3 is 2.42 bits per heavy atom. The van der Waals surface area contributed by atoms with E-state index in [1.807, 2.05) is 6.92 Å². The summed E-state index contributed by atoms with van der Waals surface area (Å²) in [6.45, 7) is 5.98. The van der Waals surface area contributed by atoms with E-state index in [0.717, 1.165) is 5.57 Å². The van der Waals surface area contributed by atoms with Crippen molar-refractivity contribution in [3.05, 3.63) is 28.8 Å². The summed E-state index contributed by atoms with van der Waals surface area (Å²) < 4.78 is 11.0. The van der Waals surface area contributed by atoms with Gasteiger partial charge in [0.15, 0.2) is 11.5 Å². The number of urea groups is 1. The Labute approximate surface area is 121 Å². The second-order valence-corrected chi connectivity index (χ2v) is 4.81. The molecule has 1 rings (SSSR count). The Morgan fingerprint density at radius 1 is 1.32 bits per heavy atom. The lowest BCUT2D eigenvalue weighted by Gasteiger charge is -2.13. The van der Waals surface area contributed by atoms with Gasteiger partial charge in [-0.05, 0) is 22.9 Å². The van der Waals surface area contributed by atoms with Crippen LogP contribution in [0.1, 0.15) is 6.92 Å². The van der Waals surface area contributed by atoms with Crippen LogP contribution in [0.5, 0.6) is 11.5 Å².